The summed E-state index contributed by atoms with van der Waals surface area (Å²) in [6, 6.07) is 0. The average Bonchev–Trinajstić information content (AvgIpc) is 2.31. The molecule has 0 aliphatic heterocycles. The van der Waals surface area contributed by atoms with Crippen molar-refractivity contribution in [1.29, 1.82) is 0 Å². The molecule has 1 aliphatic carbocycles. The number of allylic oxidation sites excluding steroid dienone is 1. The molecule has 1 saturated carbocycles. The van der Waals surface area contributed by atoms with Crippen molar-refractivity contribution in [3.8, 4) is 0 Å². The van der Waals surface area contributed by atoms with Crippen molar-refractivity contribution in [2.75, 3.05) is 0 Å². The highest BCUT2D eigenvalue weighted by Crippen LogP contribution is 2.24. The molecule has 2 heteroatoms. The second-order valence-corrected chi connectivity index (χ2v) is 2.90. The predicted octanol–water partition coefficient (Wildman–Crippen LogP) is 2.50. The minimum absolute atomic E-state index is 0.273. The van der Waals surface area contributed by atoms with Gasteiger partial charge in [0.25, 0.3) is 0 Å². The lowest BCUT2D eigenvalue weighted by Crippen LogP contribution is -2.03. The second-order valence-electron chi connectivity index (χ2n) is 2.65. The number of hydrogen-bond donors (Lipinski definition) is 0. The molecule has 0 N–H and O–H groups in total. The molecular weight excluding hydrogens is 148 g/mol. The summed E-state index contributed by atoms with van der Waals surface area (Å²) in [5, 5.41) is 0. The first-order valence-electron chi connectivity index (χ1n) is 3.62. The lowest BCUT2D eigenvalue weighted by Gasteiger charge is -2.00. The standard InChI is InChI=1S/C8H11ClO/c9-6-2-4-7-3-1-5-8(7)10/h2,6-7H,1,3-5H2/b6-2+. The number of carbonyl (C=O) groups is 1. The largest absolute Gasteiger partial charge is 0.299 e. The van der Waals surface area contributed by atoms with Crippen molar-refractivity contribution in [3.05, 3.63) is 11.6 Å². The molecule has 0 saturated heterocycles. The van der Waals surface area contributed by atoms with Gasteiger partial charge in [-0.1, -0.05) is 17.7 Å². The van der Waals surface area contributed by atoms with Crippen LogP contribution in [0.2, 0.25) is 0 Å². The van der Waals surface area contributed by atoms with Crippen molar-refractivity contribution in [2.24, 2.45) is 5.92 Å². The zero-order chi connectivity index (χ0) is 7.40. The molecule has 10 heavy (non-hydrogen) atoms. The second kappa shape index (κ2) is 3.77. The number of rotatable bonds is 2. The zero-order valence-corrected chi connectivity index (χ0v) is 6.60. The smallest absolute Gasteiger partial charge is 0.136 e. The Bertz CT molecular complexity index is 151. The van der Waals surface area contributed by atoms with Crippen LogP contribution in [0, 0.1) is 5.92 Å². The molecule has 1 aliphatic rings. The van der Waals surface area contributed by atoms with E-state index in [1.807, 2.05) is 6.08 Å². The molecule has 0 bridgehead atoms. The monoisotopic (exact) mass is 158 g/mol. The highest BCUT2D eigenvalue weighted by atomic mass is 35.5. The third-order valence-corrected chi connectivity index (χ3v) is 2.12. The molecular formula is C8H11ClO. The van der Waals surface area contributed by atoms with E-state index >= 15 is 0 Å². The lowest BCUT2D eigenvalue weighted by molar-refractivity contribution is -0.120. The van der Waals surface area contributed by atoms with E-state index in [2.05, 4.69) is 0 Å². The summed E-state index contributed by atoms with van der Waals surface area (Å²) in [5.74, 6) is 0.685. The van der Waals surface area contributed by atoms with Gasteiger partial charge in [-0.2, -0.15) is 0 Å². The minimum atomic E-state index is 0.273. The van der Waals surface area contributed by atoms with Crippen LogP contribution in [0.25, 0.3) is 0 Å². The van der Waals surface area contributed by atoms with Gasteiger partial charge in [0.2, 0.25) is 0 Å². The number of ketones is 1. The van der Waals surface area contributed by atoms with E-state index in [4.69, 9.17) is 11.6 Å². The normalized spacial score (nSPS) is 26.5. The van der Waals surface area contributed by atoms with Gasteiger partial charge in [-0.05, 0) is 19.3 Å². The first-order valence-corrected chi connectivity index (χ1v) is 4.06. The summed E-state index contributed by atoms with van der Waals surface area (Å²) in [4.78, 5) is 11.0. The van der Waals surface area contributed by atoms with E-state index < -0.39 is 0 Å². The summed E-state index contributed by atoms with van der Waals surface area (Å²) in [5.41, 5.74) is 1.49. The molecule has 0 amide bonds. The van der Waals surface area contributed by atoms with Gasteiger partial charge >= 0.3 is 0 Å². The van der Waals surface area contributed by atoms with E-state index in [0.29, 0.717) is 5.78 Å². The minimum Gasteiger partial charge on any atom is -0.299 e. The average molecular weight is 159 g/mol. The number of Topliss-reactive ketones (excluding diaryl/α,β-unsaturated/α-hetero) is 1. The van der Waals surface area contributed by atoms with Crippen molar-refractivity contribution in [2.45, 2.75) is 25.7 Å². The van der Waals surface area contributed by atoms with E-state index in [-0.39, 0.29) is 5.92 Å². The van der Waals surface area contributed by atoms with Gasteiger partial charge < -0.3 is 0 Å². The van der Waals surface area contributed by atoms with Gasteiger partial charge in [0.05, 0.1) is 0 Å². The summed E-state index contributed by atoms with van der Waals surface area (Å²) in [6.07, 6.45) is 5.60. The van der Waals surface area contributed by atoms with Gasteiger partial charge in [0.1, 0.15) is 5.78 Å². The molecule has 0 aromatic heterocycles. The fourth-order valence-corrected chi connectivity index (χ4v) is 1.46. The van der Waals surface area contributed by atoms with Gasteiger partial charge in [-0.25, -0.2) is 0 Å². The Morgan fingerprint density at radius 2 is 2.50 bits per heavy atom. The van der Waals surface area contributed by atoms with Crippen LogP contribution in [0.15, 0.2) is 11.6 Å². The highest BCUT2D eigenvalue weighted by molar-refractivity contribution is 6.25. The third-order valence-electron chi connectivity index (χ3n) is 1.94. The number of hydrogen-bond acceptors (Lipinski definition) is 1. The Hall–Kier alpha value is -0.300. The Balaban J connectivity index is 2.33. The molecule has 1 atom stereocenters. The molecule has 1 unspecified atom stereocenters. The van der Waals surface area contributed by atoms with Crippen LogP contribution in [0.4, 0.5) is 0 Å². The quantitative estimate of drug-likeness (QED) is 0.604. The Kier molecular flexibility index (Phi) is 2.94. The molecule has 0 radical (unpaired) electrons. The maximum atomic E-state index is 11.0. The van der Waals surface area contributed by atoms with E-state index in [1.165, 1.54) is 5.54 Å². The molecule has 0 aromatic rings. The summed E-state index contributed by atoms with van der Waals surface area (Å²) in [7, 11) is 0. The SMILES string of the molecule is O=C1CCCC1C/C=C/Cl. The van der Waals surface area contributed by atoms with Crippen LogP contribution in [0.1, 0.15) is 25.7 Å². The van der Waals surface area contributed by atoms with Crippen LogP contribution in [0.5, 0.6) is 0 Å². The van der Waals surface area contributed by atoms with Crippen LogP contribution in [0.3, 0.4) is 0 Å². The predicted molar refractivity (Wildman–Crippen MR) is 42.0 cm³/mol. The fraction of sp³-hybridized carbons (Fsp3) is 0.625. The van der Waals surface area contributed by atoms with Gasteiger partial charge in [0, 0.05) is 17.9 Å². The van der Waals surface area contributed by atoms with Gasteiger partial charge in [0.15, 0.2) is 0 Å². The lowest BCUT2D eigenvalue weighted by atomic mass is 10.0. The molecule has 1 rings (SSSR count). The van der Waals surface area contributed by atoms with Crippen molar-refractivity contribution in [3.63, 3.8) is 0 Å². The maximum Gasteiger partial charge on any atom is 0.136 e. The van der Waals surface area contributed by atoms with Gasteiger partial charge in [-0.3, -0.25) is 4.79 Å². The van der Waals surface area contributed by atoms with Crippen LogP contribution < -0.4 is 0 Å². The molecule has 1 fully saturated rings. The molecule has 0 heterocycles. The summed E-state index contributed by atoms with van der Waals surface area (Å²) >= 11 is 5.34. The topological polar surface area (TPSA) is 17.1 Å². The molecule has 1 nitrogen and oxygen atoms in total. The first kappa shape index (κ1) is 7.80. The van der Waals surface area contributed by atoms with Crippen LogP contribution in [-0.4, -0.2) is 5.78 Å². The Morgan fingerprint density at radius 1 is 1.70 bits per heavy atom. The van der Waals surface area contributed by atoms with Crippen molar-refractivity contribution < 1.29 is 4.79 Å². The zero-order valence-electron chi connectivity index (χ0n) is 5.85. The molecule has 0 aromatic carbocycles. The summed E-state index contributed by atoms with van der Waals surface area (Å²) < 4.78 is 0. The van der Waals surface area contributed by atoms with E-state index in [9.17, 15) is 4.79 Å². The van der Waals surface area contributed by atoms with Crippen LogP contribution >= 0.6 is 11.6 Å². The fourth-order valence-electron chi connectivity index (χ4n) is 1.35. The van der Waals surface area contributed by atoms with Gasteiger partial charge in [-0.15, -0.1) is 0 Å². The van der Waals surface area contributed by atoms with E-state index in [1.54, 1.807) is 0 Å². The Labute approximate surface area is 66.1 Å². The summed E-state index contributed by atoms with van der Waals surface area (Å²) in [6.45, 7) is 0. The highest BCUT2D eigenvalue weighted by Gasteiger charge is 2.22. The van der Waals surface area contributed by atoms with Crippen molar-refractivity contribution in [1.82, 2.24) is 0 Å². The number of carbonyl (C=O) groups excluding carboxylic acids is 1. The third kappa shape index (κ3) is 1.84. The number of halogens is 1. The maximum absolute atomic E-state index is 11.0. The molecule has 0 spiro atoms. The molecule has 56 valence electrons. The Morgan fingerprint density at radius 3 is 3.00 bits per heavy atom. The van der Waals surface area contributed by atoms with Crippen molar-refractivity contribution >= 4 is 17.4 Å². The van der Waals surface area contributed by atoms with Crippen LogP contribution in [-0.2, 0) is 4.79 Å². The first-order chi connectivity index (χ1) is 4.84. The van der Waals surface area contributed by atoms with E-state index in [0.717, 1.165) is 25.7 Å².